The zero-order chi connectivity index (χ0) is 14.2. The molecule has 2 aliphatic carbocycles. The van der Waals surface area contributed by atoms with Crippen LogP contribution in [0.1, 0.15) is 59.8 Å². The number of rotatable bonds is 3. The predicted molar refractivity (Wildman–Crippen MR) is 81.1 cm³/mol. The van der Waals surface area contributed by atoms with Crippen LogP contribution in [-0.4, -0.2) is 35.7 Å². The Bertz CT molecular complexity index is 290. The first-order valence-electron chi connectivity index (χ1n) is 8.15. The molecule has 3 unspecified atom stereocenters. The van der Waals surface area contributed by atoms with Crippen LogP contribution >= 0.6 is 0 Å². The van der Waals surface area contributed by atoms with E-state index in [1.54, 1.807) is 0 Å². The molecule has 2 saturated carbocycles. The van der Waals surface area contributed by atoms with E-state index in [0.29, 0.717) is 11.5 Å². The molecule has 0 aromatic rings. The SMILES string of the molecule is CC1CC(CN(C)C2CC(O)CCC2C(C)(C)C)C1. The fraction of sp³-hybridized carbons (Fsp3) is 1.00. The van der Waals surface area contributed by atoms with E-state index in [1.807, 2.05) is 0 Å². The summed E-state index contributed by atoms with van der Waals surface area (Å²) in [7, 11) is 2.28. The fourth-order valence-corrected chi connectivity index (χ4v) is 4.38. The molecule has 19 heavy (non-hydrogen) atoms. The highest BCUT2D eigenvalue weighted by Gasteiger charge is 2.39. The van der Waals surface area contributed by atoms with Crippen molar-refractivity contribution in [2.45, 2.75) is 71.9 Å². The summed E-state index contributed by atoms with van der Waals surface area (Å²) in [4.78, 5) is 2.56. The molecule has 2 aliphatic rings. The molecule has 0 heterocycles. The molecule has 2 fully saturated rings. The molecule has 2 nitrogen and oxygen atoms in total. The molecule has 0 radical (unpaired) electrons. The average Bonchev–Trinajstić information content (AvgIpc) is 2.25. The van der Waals surface area contributed by atoms with Crippen LogP contribution in [-0.2, 0) is 0 Å². The molecule has 1 N–H and O–H groups in total. The first-order chi connectivity index (χ1) is 8.77. The van der Waals surface area contributed by atoms with Gasteiger partial charge in [0, 0.05) is 12.6 Å². The van der Waals surface area contributed by atoms with Crippen molar-refractivity contribution < 1.29 is 5.11 Å². The van der Waals surface area contributed by atoms with E-state index in [1.165, 1.54) is 25.8 Å². The van der Waals surface area contributed by atoms with Gasteiger partial charge in [-0.2, -0.15) is 0 Å². The lowest BCUT2D eigenvalue weighted by Crippen LogP contribution is -2.50. The first-order valence-corrected chi connectivity index (χ1v) is 8.15. The number of aliphatic hydroxyl groups excluding tert-OH is 1. The van der Waals surface area contributed by atoms with Crippen LogP contribution in [0, 0.1) is 23.2 Å². The summed E-state index contributed by atoms with van der Waals surface area (Å²) in [5.41, 5.74) is 0.353. The third-order valence-corrected chi connectivity index (χ3v) is 5.49. The number of aliphatic hydroxyl groups is 1. The summed E-state index contributed by atoms with van der Waals surface area (Å²) in [6.45, 7) is 10.7. The Morgan fingerprint density at radius 1 is 1.11 bits per heavy atom. The highest BCUT2D eigenvalue weighted by molar-refractivity contribution is 4.92. The number of hydrogen-bond acceptors (Lipinski definition) is 2. The second-order valence-corrected chi connectivity index (χ2v) is 8.39. The molecular formula is C17H33NO. The van der Waals surface area contributed by atoms with Crippen molar-refractivity contribution >= 4 is 0 Å². The minimum atomic E-state index is -0.0774. The molecule has 0 amide bonds. The molecule has 112 valence electrons. The van der Waals surface area contributed by atoms with E-state index in [4.69, 9.17) is 0 Å². The quantitative estimate of drug-likeness (QED) is 0.845. The Morgan fingerprint density at radius 2 is 1.74 bits per heavy atom. The lowest BCUT2D eigenvalue weighted by atomic mass is 9.68. The van der Waals surface area contributed by atoms with Crippen molar-refractivity contribution in [1.29, 1.82) is 0 Å². The molecule has 0 aromatic heterocycles. The van der Waals surface area contributed by atoms with Gasteiger partial charge < -0.3 is 10.0 Å². The van der Waals surface area contributed by atoms with Crippen molar-refractivity contribution in [1.82, 2.24) is 4.90 Å². The fourth-order valence-electron chi connectivity index (χ4n) is 4.38. The van der Waals surface area contributed by atoms with Crippen molar-refractivity contribution in [3.05, 3.63) is 0 Å². The van der Waals surface area contributed by atoms with Gasteiger partial charge in [0.15, 0.2) is 0 Å². The van der Waals surface area contributed by atoms with Crippen LogP contribution in [0.25, 0.3) is 0 Å². The largest absolute Gasteiger partial charge is 0.393 e. The molecule has 2 rings (SSSR count). The summed E-state index contributed by atoms with van der Waals surface area (Å²) in [6, 6.07) is 0.569. The van der Waals surface area contributed by atoms with E-state index < -0.39 is 0 Å². The Labute approximate surface area is 119 Å². The van der Waals surface area contributed by atoms with E-state index in [0.717, 1.165) is 30.6 Å². The average molecular weight is 267 g/mol. The van der Waals surface area contributed by atoms with Crippen molar-refractivity contribution in [2.24, 2.45) is 23.2 Å². The standard InChI is InChI=1S/C17H33NO/c1-12-8-13(9-12)11-18(5)16-10-14(19)6-7-15(16)17(2,3)4/h12-16,19H,6-11H2,1-5H3. The maximum Gasteiger partial charge on any atom is 0.0555 e. The zero-order valence-corrected chi connectivity index (χ0v) is 13.5. The molecule has 3 atom stereocenters. The lowest BCUT2D eigenvalue weighted by Gasteiger charge is -2.48. The van der Waals surface area contributed by atoms with Gasteiger partial charge in [0.25, 0.3) is 0 Å². The Hall–Kier alpha value is -0.0800. The van der Waals surface area contributed by atoms with E-state index in [-0.39, 0.29) is 6.10 Å². The summed E-state index contributed by atoms with van der Waals surface area (Å²) < 4.78 is 0. The summed E-state index contributed by atoms with van der Waals surface area (Å²) in [5.74, 6) is 2.56. The minimum Gasteiger partial charge on any atom is -0.393 e. The van der Waals surface area contributed by atoms with Crippen molar-refractivity contribution in [2.75, 3.05) is 13.6 Å². The van der Waals surface area contributed by atoms with Gasteiger partial charge in [-0.15, -0.1) is 0 Å². The summed E-state index contributed by atoms with van der Waals surface area (Å²) in [6.07, 6.45) is 5.87. The smallest absolute Gasteiger partial charge is 0.0555 e. The third-order valence-electron chi connectivity index (χ3n) is 5.49. The van der Waals surface area contributed by atoms with Gasteiger partial charge in [-0.25, -0.2) is 0 Å². The van der Waals surface area contributed by atoms with E-state index in [2.05, 4.69) is 39.6 Å². The maximum atomic E-state index is 10.0. The second-order valence-electron chi connectivity index (χ2n) is 8.39. The normalized spacial score (nSPS) is 40.3. The Morgan fingerprint density at radius 3 is 2.26 bits per heavy atom. The summed E-state index contributed by atoms with van der Waals surface area (Å²) in [5, 5.41) is 10.0. The van der Waals surface area contributed by atoms with Crippen molar-refractivity contribution in [3.8, 4) is 0 Å². The molecular weight excluding hydrogens is 234 g/mol. The van der Waals surface area contributed by atoms with Gasteiger partial charge >= 0.3 is 0 Å². The highest BCUT2D eigenvalue weighted by Crippen LogP contribution is 2.41. The van der Waals surface area contributed by atoms with Gasteiger partial charge in [-0.1, -0.05) is 27.7 Å². The topological polar surface area (TPSA) is 23.5 Å². The van der Waals surface area contributed by atoms with Gasteiger partial charge in [0.05, 0.1) is 6.10 Å². The molecule has 0 saturated heterocycles. The van der Waals surface area contributed by atoms with Crippen LogP contribution in [0.5, 0.6) is 0 Å². The Kier molecular flexibility index (Phi) is 4.62. The van der Waals surface area contributed by atoms with Crippen LogP contribution in [0.3, 0.4) is 0 Å². The van der Waals surface area contributed by atoms with E-state index in [9.17, 15) is 5.11 Å². The molecule has 0 spiro atoms. The Balaban J connectivity index is 1.96. The van der Waals surface area contributed by atoms with Crippen LogP contribution in [0.15, 0.2) is 0 Å². The monoisotopic (exact) mass is 267 g/mol. The zero-order valence-electron chi connectivity index (χ0n) is 13.5. The number of nitrogens with zero attached hydrogens (tertiary/aromatic N) is 1. The summed E-state index contributed by atoms with van der Waals surface area (Å²) >= 11 is 0. The number of hydrogen-bond donors (Lipinski definition) is 1. The van der Waals surface area contributed by atoms with Crippen molar-refractivity contribution in [3.63, 3.8) is 0 Å². The third kappa shape index (κ3) is 3.72. The minimum absolute atomic E-state index is 0.0774. The van der Waals surface area contributed by atoms with Crippen LogP contribution < -0.4 is 0 Å². The van der Waals surface area contributed by atoms with Crippen LogP contribution in [0.2, 0.25) is 0 Å². The molecule has 2 heteroatoms. The lowest BCUT2D eigenvalue weighted by molar-refractivity contribution is -0.0141. The van der Waals surface area contributed by atoms with E-state index >= 15 is 0 Å². The van der Waals surface area contributed by atoms with Crippen LogP contribution in [0.4, 0.5) is 0 Å². The van der Waals surface area contributed by atoms with Gasteiger partial charge in [0.2, 0.25) is 0 Å². The first kappa shape index (κ1) is 15.3. The maximum absolute atomic E-state index is 10.0. The van der Waals surface area contributed by atoms with Gasteiger partial charge in [-0.05, 0) is 62.3 Å². The molecule has 0 aliphatic heterocycles. The van der Waals surface area contributed by atoms with Gasteiger partial charge in [-0.3, -0.25) is 0 Å². The highest BCUT2D eigenvalue weighted by atomic mass is 16.3. The predicted octanol–water partition coefficient (Wildman–Crippen LogP) is 3.54. The molecule has 0 aromatic carbocycles. The van der Waals surface area contributed by atoms with Gasteiger partial charge in [0.1, 0.15) is 0 Å². The molecule has 0 bridgehead atoms. The second kappa shape index (κ2) is 5.73.